The summed E-state index contributed by atoms with van der Waals surface area (Å²) in [5.74, 6) is 0. The van der Waals surface area contributed by atoms with Gasteiger partial charge in [0.15, 0.2) is 0 Å². The Labute approximate surface area is 141 Å². The number of rotatable bonds is 6. The average molecular weight is 464 g/mol. The zero-order valence-corrected chi connectivity index (χ0v) is 12.1. The van der Waals surface area contributed by atoms with E-state index in [9.17, 15) is 79.0 Å². The van der Waals surface area contributed by atoms with Crippen LogP contribution in [0, 0.1) is 0 Å². The van der Waals surface area contributed by atoms with Crippen LogP contribution in [0.3, 0.4) is 0 Å². The molecule has 0 aliphatic carbocycles. The van der Waals surface area contributed by atoms with Gasteiger partial charge in [0.05, 0.1) is 0 Å². The third-order valence-electron chi connectivity index (χ3n) is 3.52. The maximum Gasteiger partial charge on any atom is 0.420 e. The second-order valence-electron chi connectivity index (χ2n) is 5.13. The fourth-order valence-corrected chi connectivity index (χ4v) is 2.16. The molecule has 0 fully saturated rings. The van der Waals surface area contributed by atoms with Crippen LogP contribution in [0.25, 0.3) is 0 Å². The van der Waals surface area contributed by atoms with Crippen molar-refractivity contribution in [2.75, 3.05) is 0 Å². The Morgan fingerprint density at radius 3 is 0.571 bits per heavy atom. The summed E-state index contributed by atoms with van der Waals surface area (Å²) in [6, 6.07) is 0. The maximum absolute atomic E-state index is 13.8. The molecule has 0 heterocycles. The van der Waals surface area contributed by atoms with Gasteiger partial charge in [-0.25, -0.2) is 39.5 Å². The molecule has 0 amide bonds. The normalized spacial score (nSPS) is 20.9. The van der Waals surface area contributed by atoms with Crippen molar-refractivity contribution in [3.63, 3.8) is 0 Å². The molecular formula is C9H3BF18. The minimum Gasteiger partial charge on any atom is -0.237 e. The molecule has 0 aliphatic rings. The molecule has 3 unspecified atom stereocenters. The first-order chi connectivity index (χ1) is 11.9. The van der Waals surface area contributed by atoms with E-state index in [2.05, 4.69) is 0 Å². The zero-order valence-electron chi connectivity index (χ0n) is 12.1. The first kappa shape index (κ1) is 26.8. The lowest BCUT2D eigenvalue weighted by Crippen LogP contribution is -2.83. The fraction of sp³-hybridized carbons (Fsp3) is 1.00. The highest BCUT2D eigenvalue weighted by Gasteiger charge is 2.92. The number of hydrogen-bond acceptors (Lipinski definition) is 0. The van der Waals surface area contributed by atoms with Crippen molar-refractivity contribution in [1.29, 1.82) is 0 Å². The number of alkyl halides is 18. The van der Waals surface area contributed by atoms with Crippen molar-refractivity contribution < 1.29 is 79.0 Å². The molecule has 0 bridgehead atoms. The lowest BCUT2D eigenvalue weighted by molar-refractivity contribution is -0.281. The molecule has 0 N–H and O–H groups in total. The summed E-state index contributed by atoms with van der Waals surface area (Å²) >= 11 is 0. The molecule has 168 valence electrons. The van der Waals surface area contributed by atoms with E-state index in [1.807, 2.05) is 0 Å². The molecule has 0 aliphatic heterocycles. The Balaban J connectivity index is 7.67. The van der Waals surface area contributed by atoms with Crippen molar-refractivity contribution in [2.24, 2.45) is 0 Å². The van der Waals surface area contributed by atoms with Gasteiger partial charge < -0.3 is 0 Å². The average Bonchev–Trinajstić information content (AvgIpc) is 2.42. The summed E-state index contributed by atoms with van der Waals surface area (Å²) in [6.07, 6.45) is -42.5. The maximum atomic E-state index is 13.8. The van der Waals surface area contributed by atoms with Crippen LogP contribution in [-0.4, -0.2) is 61.2 Å². The van der Waals surface area contributed by atoms with Crippen LogP contribution in [0.15, 0.2) is 0 Å². The molecule has 0 radical (unpaired) electrons. The van der Waals surface area contributed by atoms with E-state index in [4.69, 9.17) is 0 Å². The summed E-state index contributed by atoms with van der Waals surface area (Å²) in [4.78, 5) is 0. The third-order valence-corrected chi connectivity index (χ3v) is 3.52. The minimum atomic E-state index is -7.85. The Hall–Kier alpha value is -1.20. The SMILES string of the molecule is FC(F)C(F)(B(C(F)(C(F)F)C(F)(F)F)C(F)(C(F)F)C(F)(F)F)C(F)(F)F. The summed E-state index contributed by atoms with van der Waals surface area (Å²) < 4.78 is 230. The van der Waals surface area contributed by atoms with Crippen LogP contribution in [0.1, 0.15) is 0 Å². The van der Waals surface area contributed by atoms with Crippen molar-refractivity contribution in [1.82, 2.24) is 0 Å². The van der Waals surface area contributed by atoms with Crippen molar-refractivity contribution in [3.05, 3.63) is 0 Å². The van der Waals surface area contributed by atoms with Gasteiger partial charge in [0.1, 0.15) is 0 Å². The van der Waals surface area contributed by atoms with Crippen molar-refractivity contribution in [3.8, 4) is 0 Å². The first-order valence-corrected chi connectivity index (χ1v) is 6.06. The topological polar surface area (TPSA) is 0 Å². The van der Waals surface area contributed by atoms with Gasteiger partial charge in [-0.3, -0.25) is 0 Å². The lowest BCUT2D eigenvalue weighted by atomic mass is 9.23. The number of hydrogen-bond donors (Lipinski definition) is 0. The molecule has 3 atom stereocenters. The summed E-state index contributed by atoms with van der Waals surface area (Å²) in [5.41, 5.74) is -23.3. The monoisotopic (exact) mass is 464 g/mol. The van der Waals surface area contributed by atoms with E-state index in [-0.39, 0.29) is 0 Å². The molecule has 0 aromatic heterocycles. The zero-order chi connectivity index (χ0) is 23.3. The van der Waals surface area contributed by atoms with Gasteiger partial charge in [-0.15, -0.1) is 0 Å². The molecule has 0 saturated heterocycles. The van der Waals surface area contributed by atoms with Crippen LogP contribution in [0.5, 0.6) is 0 Å². The van der Waals surface area contributed by atoms with Crippen LogP contribution in [0.2, 0.25) is 0 Å². The molecule has 28 heavy (non-hydrogen) atoms. The van der Waals surface area contributed by atoms with Crippen LogP contribution < -0.4 is 0 Å². The van der Waals surface area contributed by atoms with Gasteiger partial charge in [-0.1, -0.05) is 0 Å². The van der Waals surface area contributed by atoms with E-state index in [1.54, 1.807) is 0 Å². The summed E-state index contributed by atoms with van der Waals surface area (Å²) in [7, 11) is 0. The Bertz CT molecular complexity index is 457. The van der Waals surface area contributed by atoms with Gasteiger partial charge in [0.25, 0.3) is 19.3 Å². The van der Waals surface area contributed by atoms with E-state index < -0.39 is 61.2 Å². The smallest absolute Gasteiger partial charge is 0.237 e. The van der Waals surface area contributed by atoms with Gasteiger partial charge in [-0.2, -0.15) is 39.5 Å². The third kappa shape index (κ3) is 3.68. The molecular weight excluding hydrogens is 461 g/mol. The largest absolute Gasteiger partial charge is 0.420 e. The van der Waals surface area contributed by atoms with E-state index in [0.29, 0.717) is 0 Å². The Kier molecular flexibility index (Phi) is 6.94. The molecule has 0 rings (SSSR count). The molecule has 0 aromatic carbocycles. The Morgan fingerprint density at radius 2 is 0.500 bits per heavy atom. The highest BCUT2D eigenvalue weighted by Crippen LogP contribution is 2.58. The second-order valence-corrected chi connectivity index (χ2v) is 5.13. The highest BCUT2D eigenvalue weighted by molar-refractivity contribution is 6.69. The summed E-state index contributed by atoms with van der Waals surface area (Å²) in [6.45, 7) is -7.05. The van der Waals surface area contributed by atoms with Gasteiger partial charge >= 0.3 is 25.2 Å². The van der Waals surface area contributed by atoms with Crippen molar-refractivity contribution >= 4 is 6.71 Å². The van der Waals surface area contributed by atoms with Gasteiger partial charge in [0.2, 0.25) is 16.7 Å². The van der Waals surface area contributed by atoms with Crippen LogP contribution in [0.4, 0.5) is 79.0 Å². The quantitative estimate of drug-likeness (QED) is 0.350. The fourth-order valence-electron chi connectivity index (χ4n) is 2.16. The Morgan fingerprint density at radius 1 is 0.357 bits per heavy atom. The van der Waals surface area contributed by atoms with E-state index in [1.165, 1.54) is 0 Å². The van der Waals surface area contributed by atoms with E-state index in [0.717, 1.165) is 0 Å². The van der Waals surface area contributed by atoms with Gasteiger partial charge in [-0.05, 0) is 0 Å². The van der Waals surface area contributed by atoms with Crippen LogP contribution >= 0.6 is 0 Å². The molecule has 0 aromatic rings. The van der Waals surface area contributed by atoms with Crippen molar-refractivity contribution in [2.45, 2.75) is 54.5 Å². The molecule has 0 saturated carbocycles. The lowest BCUT2D eigenvalue weighted by Gasteiger charge is -2.46. The molecule has 0 spiro atoms. The van der Waals surface area contributed by atoms with Gasteiger partial charge in [0, 0.05) is 0 Å². The second kappa shape index (κ2) is 7.25. The van der Waals surface area contributed by atoms with E-state index >= 15 is 0 Å². The number of halogens is 18. The van der Waals surface area contributed by atoms with Crippen LogP contribution in [-0.2, 0) is 0 Å². The predicted octanol–water partition coefficient (Wildman–Crippen LogP) is 5.71. The predicted molar refractivity (Wildman–Crippen MR) is 53.4 cm³/mol. The minimum absolute atomic E-state index is 6.33. The first-order valence-electron chi connectivity index (χ1n) is 6.06. The molecule has 0 nitrogen and oxygen atoms in total. The highest BCUT2D eigenvalue weighted by atomic mass is 19.4. The summed E-state index contributed by atoms with van der Waals surface area (Å²) in [5, 5.41) is 0. The molecule has 19 heteroatoms. The standard InChI is InChI=1S/C9H3BF18/c11-1(12)4(17,7(20,21)22)10(5(18,2(13)14)8(23,24)25)6(19,3(15)16)9(26,27)28/h1-3H.